The zero-order valence-corrected chi connectivity index (χ0v) is 11.9. The van der Waals surface area contributed by atoms with E-state index < -0.39 is 5.54 Å². The van der Waals surface area contributed by atoms with Crippen molar-refractivity contribution >= 4 is 0 Å². The molecule has 2 N–H and O–H groups in total. The van der Waals surface area contributed by atoms with E-state index in [1.54, 1.807) is 0 Å². The standard InChI is InChI=1S/C15H23NO2/c1-10(2)17-11-7-6-8-12-13(11)15(5,16)9-14(3,4)18-12/h6-8,10H,9,16H2,1-5H3. The van der Waals surface area contributed by atoms with Gasteiger partial charge in [-0.2, -0.15) is 0 Å². The first-order valence-electron chi connectivity index (χ1n) is 6.49. The van der Waals surface area contributed by atoms with Crippen LogP contribution in [0.2, 0.25) is 0 Å². The second-order valence-electron chi connectivity index (χ2n) is 6.25. The van der Waals surface area contributed by atoms with Crippen molar-refractivity contribution in [1.29, 1.82) is 0 Å². The van der Waals surface area contributed by atoms with Crippen molar-refractivity contribution in [3.63, 3.8) is 0 Å². The molecule has 1 atom stereocenters. The van der Waals surface area contributed by atoms with Crippen LogP contribution < -0.4 is 15.2 Å². The monoisotopic (exact) mass is 249 g/mol. The zero-order valence-electron chi connectivity index (χ0n) is 11.9. The molecule has 1 aromatic carbocycles. The molecule has 0 fully saturated rings. The first-order valence-corrected chi connectivity index (χ1v) is 6.49. The largest absolute Gasteiger partial charge is 0.491 e. The molecule has 0 saturated carbocycles. The Bertz CT molecular complexity index is 436. The van der Waals surface area contributed by atoms with Crippen LogP contribution in [0, 0.1) is 0 Å². The van der Waals surface area contributed by atoms with E-state index in [4.69, 9.17) is 15.2 Å². The molecule has 0 amide bonds. The van der Waals surface area contributed by atoms with Crippen molar-refractivity contribution in [3.8, 4) is 11.5 Å². The summed E-state index contributed by atoms with van der Waals surface area (Å²) in [5, 5.41) is 0. The van der Waals surface area contributed by atoms with Crippen LogP contribution in [0.4, 0.5) is 0 Å². The van der Waals surface area contributed by atoms with E-state index in [-0.39, 0.29) is 11.7 Å². The minimum Gasteiger partial charge on any atom is -0.491 e. The van der Waals surface area contributed by atoms with E-state index in [1.165, 1.54) is 0 Å². The first-order chi connectivity index (χ1) is 8.21. The molecule has 0 bridgehead atoms. The van der Waals surface area contributed by atoms with E-state index in [1.807, 2.05) is 39.0 Å². The molecule has 1 unspecified atom stereocenters. The molecule has 0 spiro atoms. The maximum atomic E-state index is 6.48. The number of ether oxygens (including phenoxy) is 2. The van der Waals surface area contributed by atoms with Crippen LogP contribution in [-0.2, 0) is 5.54 Å². The molecule has 0 aliphatic carbocycles. The lowest BCUT2D eigenvalue weighted by molar-refractivity contribution is 0.0478. The molecule has 0 aromatic heterocycles. The molecule has 1 aliphatic heterocycles. The number of nitrogens with two attached hydrogens (primary N) is 1. The lowest BCUT2D eigenvalue weighted by atomic mass is 9.79. The average molecular weight is 249 g/mol. The molecule has 0 saturated heterocycles. The highest BCUT2D eigenvalue weighted by molar-refractivity contribution is 5.51. The van der Waals surface area contributed by atoms with Gasteiger partial charge in [0.25, 0.3) is 0 Å². The molecule has 100 valence electrons. The van der Waals surface area contributed by atoms with Crippen molar-refractivity contribution in [2.24, 2.45) is 5.73 Å². The van der Waals surface area contributed by atoms with Gasteiger partial charge in [-0.1, -0.05) is 6.07 Å². The summed E-state index contributed by atoms with van der Waals surface area (Å²) in [5.41, 5.74) is 6.79. The Balaban J connectivity index is 2.51. The molecule has 1 aromatic rings. The summed E-state index contributed by atoms with van der Waals surface area (Å²) in [5.74, 6) is 1.68. The predicted molar refractivity (Wildman–Crippen MR) is 73.1 cm³/mol. The minimum atomic E-state index is -0.428. The summed E-state index contributed by atoms with van der Waals surface area (Å²) >= 11 is 0. The fourth-order valence-electron chi connectivity index (χ4n) is 2.82. The number of benzene rings is 1. The topological polar surface area (TPSA) is 44.5 Å². The van der Waals surface area contributed by atoms with Gasteiger partial charge < -0.3 is 15.2 Å². The summed E-state index contributed by atoms with van der Waals surface area (Å²) in [6, 6.07) is 5.88. The summed E-state index contributed by atoms with van der Waals surface area (Å²) in [7, 11) is 0. The third-order valence-electron chi connectivity index (χ3n) is 3.10. The van der Waals surface area contributed by atoms with Gasteiger partial charge in [0.15, 0.2) is 0 Å². The van der Waals surface area contributed by atoms with E-state index >= 15 is 0 Å². The molecule has 1 heterocycles. The average Bonchev–Trinajstić information content (AvgIpc) is 2.11. The van der Waals surface area contributed by atoms with Crippen LogP contribution in [0.5, 0.6) is 11.5 Å². The Hall–Kier alpha value is -1.22. The molecule has 3 heteroatoms. The SMILES string of the molecule is CC(C)Oc1cccc2c1C(C)(N)CC(C)(C)O2. The summed E-state index contributed by atoms with van der Waals surface area (Å²) in [6.07, 6.45) is 0.896. The Morgan fingerprint density at radius 3 is 2.56 bits per heavy atom. The number of hydrogen-bond donors (Lipinski definition) is 1. The Labute approximate surface area is 109 Å². The van der Waals surface area contributed by atoms with E-state index in [9.17, 15) is 0 Å². The summed E-state index contributed by atoms with van der Waals surface area (Å²) in [6.45, 7) is 10.2. The fraction of sp³-hybridized carbons (Fsp3) is 0.600. The Kier molecular flexibility index (Phi) is 3.06. The third kappa shape index (κ3) is 2.46. The first kappa shape index (κ1) is 13.2. The van der Waals surface area contributed by atoms with Gasteiger partial charge in [-0.15, -0.1) is 0 Å². The van der Waals surface area contributed by atoms with Gasteiger partial charge in [-0.25, -0.2) is 0 Å². The highest BCUT2D eigenvalue weighted by Crippen LogP contribution is 2.46. The molecular weight excluding hydrogens is 226 g/mol. The van der Waals surface area contributed by atoms with Crippen molar-refractivity contribution in [2.45, 2.75) is 58.3 Å². The van der Waals surface area contributed by atoms with Crippen LogP contribution in [0.3, 0.4) is 0 Å². The number of rotatable bonds is 2. The maximum Gasteiger partial charge on any atom is 0.128 e. The number of hydrogen-bond acceptors (Lipinski definition) is 3. The molecule has 3 nitrogen and oxygen atoms in total. The van der Waals surface area contributed by atoms with E-state index in [0.717, 1.165) is 23.5 Å². The van der Waals surface area contributed by atoms with E-state index in [2.05, 4.69) is 13.8 Å². The fourth-order valence-corrected chi connectivity index (χ4v) is 2.82. The zero-order chi connectivity index (χ0) is 13.6. The quantitative estimate of drug-likeness (QED) is 0.875. The molecular formula is C15H23NO2. The van der Waals surface area contributed by atoms with Crippen LogP contribution in [0.15, 0.2) is 18.2 Å². The van der Waals surface area contributed by atoms with E-state index in [0.29, 0.717) is 0 Å². The predicted octanol–water partition coefficient (Wildman–Crippen LogP) is 3.21. The lowest BCUT2D eigenvalue weighted by Gasteiger charge is -2.42. The van der Waals surface area contributed by atoms with Gasteiger partial charge in [0.1, 0.15) is 17.1 Å². The molecule has 0 radical (unpaired) electrons. The highest BCUT2D eigenvalue weighted by atomic mass is 16.5. The second kappa shape index (κ2) is 4.16. The maximum absolute atomic E-state index is 6.48. The third-order valence-corrected chi connectivity index (χ3v) is 3.10. The van der Waals surface area contributed by atoms with Crippen molar-refractivity contribution in [2.75, 3.05) is 0 Å². The van der Waals surface area contributed by atoms with Gasteiger partial charge in [0, 0.05) is 12.0 Å². The second-order valence-corrected chi connectivity index (χ2v) is 6.25. The normalized spacial score (nSPS) is 25.5. The van der Waals surface area contributed by atoms with Gasteiger partial charge in [-0.05, 0) is 46.8 Å². The van der Waals surface area contributed by atoms with Crippen LogP contribution in [0.25, 0.3) is 0 Å². The van der Waals surface area contributed by atoms with Crippen molar-refractivity contribution in [1.82, 2.24) is 0 Å². The molecule has 2 rings (SSSR count). The highest BCUT2D eigenvalue weighted by Gasteiger charge is 2.41. The van der Waals surface area contributed by atoms with Crippen LogP contribution in [0.1, 0.15) is 46.6 Å². The number of fused-ring (bicyclic) bond motifs is 1. The summed E-state index contributed by atoms with van der Waals surface area (Å²) in [4.78, 5) is 0. The Morgan fingerprint density at radius 1 is 1.28 bits per heavy atom. The lowest BCUT2D eigenvalue weighted by Crippen LogP contribution is -2.48. The molecule has 1 aliphatic rings. The van der Waals surface area contributed by atoms with Gasteiger partial charge in [0.2, 0.25) is 0 Å². The minimum absolute atomic E-state index is 0.127. The van der Waals surface area contributed by atoms with Crippen molar-refractivity contribution in [3.05, 3.63) is 23.8 Å². The smallest absolute Gasteiger partial charge is 0.128 e. The van der Waals surface area contributed by atoms with Gasteiger partial charge in [-0.3, -0.25) is 0 Å². The van der Waals surface area contributed by atoms with Gasteiger partial charge >= 0.3 is 0 Å². The van der Waals surface area contributed by atoms with Crippen LogP contribution >= 0.6 is 0 Å². The Morgan fingerprint density at radius 2 is 1.94 bits per heavy atom. The van der Waals surface area contributed by atoms with Gasteiger partial charge in [0.05, 0.1) is 11.7 Å². The van der Waals surface area contributed by atoms with Crippen LogP contribution in [-0.4, -0.2) is 11.7 Å². The summed E-state index contributed by atoms with van der Waals surface area (Å²) < 4.78 is 11.9. The van der Waals surface area contributed by atoms with Crippen molar-refractivity contribution < 1.29 is 9.47 Å². The molecule has 18 heavy (non-hydrogen) atoms.